The molecule has 4 atom stereocenters. The first kappa shape index (κ1) is 14.3. The Morgan fingerprint density at radius 3 is 2.72 bits per heavy atom. The van der Waals surface area contributed by atoms with Crippen molar-refractivity contribution in [2.75, 3.05) is 33.9 Å². The minimum atomic E-state index is 0.703. The van der Waals surface area contributed by atoms with Crippen LogP contribution in [0, 0.1) is 11.8 Å². The van der Waals surface area contributed by atoms with Crippen molar-refractivity contribution in [2.45, 2.75) is 51.1 Å². The molecule has 1 aliphatic heterocycles. The van der Waals surface area contributed by atoms with Crippen molar-refractivity contribution in [3.05, 3.63) is 0 Å². The average molecular weight is 254 g/mol. The van der Waals surface area contributed by atoms with Crippen LogP contribution in [0.4, 0.5) is 0 Å². The molecule has 0 aromatic carbocycles. The number of ether oxygens (including phenoxy) is 1. The molecule has 3 nitrogen and oxygen atoms in total. The van der Waals surface area contributed by atoms with Gasteiger partial charge >= 0.3 is 0 Å². The van der Waals surface area contributed by atoms with Gasteiger partial charge in [-0.15, -0.1) is 0 Å². The van der Waals surface area contributed by atoms with Crippen molar-refractivity contribution in [3.63, 3.8) is 0 Å². The van der Waals surface area contributed by atoms with Gasteiger partial charge in [-0.1, -0.05) is 13.3 Å². The fraction of sp³-hybridized carbons (Fsp3) is 1.00. The zero-order valence-corrected chi connectivity index (χ0v) is 12.3. The Balaban J connectivity index is 1.92. The number of likely N-dealkylation sites (N-methyl/N-ethyl adjacent to an activating group) is 1. The molecule has 0 spiro atoms. The van der Waals surface area contributed by atoms with Gasteiger partial charge in [-0.3, -0.25) is 4.90 Å². The Bertz CT molecular complexity index is 247. The van der Waals surface area contributed by atoms with E-state index in [0.29, 0.717) is 6.04 Å². The Hall–Kier alpha value is -0.120. The van der Waals surface area contributed by atoms with Crippen LogP contribution in [-0.2, 0) is 4.74 Å². The van der Waals surface area contributed by atoms with Crippen molar-refractivity contribution in [2.24, 2.45) is 11.8 Å². The summed E-state index contributed by atoms with van der Waals surface area (Å²) in [5, 5.41) is 3.55. The molecule has 1 saturated carbocycles. The molecule has 0 amide bonds. The van der Waals surface area contributed by atoms with E-state index in [0.717, 1.165) is 24.5 Å². The minimum Gasteiger partial charge on any atom is -0.384 e. The maximum absolute atomic E-state index is 5.31. The van der Waals surface area contributed by atoms with E-state index in [1.165, 1.54) is 45.2 Å². The van der Waals surface area contributed by atoms with Crippen LogP contribution in [0.15, 0.2) is 0 Å². The smallest absolute Gasteiger partial charge is 0.0503 e. The van der Waals surface area contributed by atoms with Gasteiger partial charge in [0.2, 0.25) is 0 Å². The molecule has 0 radical (unpaired) electrons. The number of nitrogens with zero attached hydrogens (tertiary/aromatic N) is 1. The summed E-state index contributed by atoms with van der Waals surface area (Å²) < 4.78 is 5.31. The van der Waals surface area contributed by atoms with Crippen LogP contribution in [0.2, 0.25) is 0 Å². The summed E-state index contributed by atoms with van der Waals surface area (Å²) in [5.41, 5.74) is 0. The molecule has 3 heteroatoms. The van der Waals surface area contributed by atoms with Gasteiger partial charge in [0.1, 0.15) is 0 Å². The number of hydrogen-bond donors (Lipinski definition) is 1. The normalized spacial score (nSPS) is 38.2. The summed E-state index contributed by atoms with van der Waals surface area (Å²) in [5.74, 6) is 1.70. The molecule has 4 unspecified atom stereocenters. The van der Waals surface area contributed by atoms with E-state index in [1.807, 2.05) is 7.11 Å². The molecule has 1 saturated heterocycles. The second-order valence-corrected chi connectivity index (χ2v) is 6.15. The highest BCUT2D eigenvalue weighted by atomic mass is 16.5. The fourth-order valence-electron chi connectivity index (χ4n) is 3.88. The molecule has 0 bridgehead atoms. The minimum absolute atomic E-state index is 0.703. The van der Waals surface area contributed by atoms with Gasteiger partial charge < -0.3 is 10.1 Å². The molecule has 18 heavy (non-hydrogen) atoms. The van der Waals surface area contributed by atoms with Crippen LogP contribution >= 0.6 is 0 Å². The first-order chi connectivity index (χ1) is 8.78. The molecule has 106 valence electrons. The predicted octanol–water partition coefficient (Wildman–Crippen LogP) is 2.12. The topological polar surface area (TPSA) is 24.5 Å². The zero-order chi connectivity index (χ0) is 13.0. The molecule has 1 N–H and O–H groups in total. The standard InChI is InChI=1S/C15H30N2O/c1-4-12-5-6-14(16-2)15(9-12)17-8-7-13(10-17)11-18-3/h12-16H,4-11H2,1-3H3. The molecular weight excluding hydrogens is 224 g/mol. The maximum Gasteiger partial charge on any atom is 0.0503 e. The van der Waals surface area contributed by atoms with Crippen LogP contribution in [0.3, 0.4) is 0 Å². The third-order valence-corrected chi connectivity index (χ3v) is 5.06. The molecule has 2 rings (SSSR count). The Morgan fingerprint density at radius 2 is 2.06 bits per heavy atom. The zero-order valence-electron chi connectivity index (χ0n) is 12.3. The predicted molar refractivity (Wildman–Crippen MR) is 75.8 cm³/mol. The van der Waals surface area contributed by atoms with Crippen molar-refractivity contribution in [1.29, 1.82) is 0 Å². The van der Waals surface area contributed by atoms with Gasteiger partial charge in [0.05, 0.1) is 6.61 Å². The molecular formula is C15H30N2O. The fourth-order valence-corrected chi connectivity index (χ4v) is 3.88. The van der Waals surface area contributed by atoms with Crippen LogP contribution in [0.5, 0.6) is 0 Å². The van der Waals surface area contributed by atoms with Crippen LogP contribution in [0.1, 0.15) is 39.0 Å². The van der Waals surface area contributed by atoms with E-state index in [1.54, 1.807) is 0 Å². The SMILES string of the molecule is CCC1CCC(NC)C(N2CCC(COC)C2)C1. The number of rotatable bonds is 5. The number of likely N-dealkylation sites (tertiary alicyclic amines) is 1. The molecule has 0 aromatic heterocycles. The van der Waals surface area contributed by atoms with Gasteiger partial charge in [-0.05, 0) is 51.1 Å². The van der Waals surface area contributed by atoms with Gasteiger partial charge in [-0.2, -0.15) is 0 Å². The summed E-state index contributed by atoms with van der Waals surface area (Å²) in [6.45, 7) is 5.80. The van der Waals surface area contributed by atoms with Crippen LogP contribution in [0.25, 0.3) is 0 Å². The lowest BCUT2D eigenvalue weighted by Crippen LogP contribution is -2.51. The highest BCUT2D eigenvalue weighted by molar-refractivity contribution is 4.93. The highest BCUT2D eigenvalue weighted by Gasteiger charge is 2.36. The Labute approximate surface area is 112 Å². The lowest BCUT2D eigenvalue weighted by Gasteiger charge is -2.41. The summed E-state index contributed by atoms with van der Waals surface area (Å²) in [6, 6.07) is 1.46. The second kappa shape index (κ2) is 6.88. The summed E-state index contributed by atoms with van der Waals surface area (Å²) in [7, 11) is 3.96. The molecule has 2 aliphatic rings. The third kappa shape index (κ3) is 3.25. The molecule has 0 aromatic rings. The molecule has 1 heterocycles. The summed E-state index contributed by atoms with van der Waals surface area (Å²) >= 11 is 0. The quantitative estimate of drug-likeness (QED) is 0.813. The first-order valence-electron chi connectivity index (χ1n) is 7.68. The lowest BCUT2D eigenvalue weighted by molar-refractivity contribution is 0.105. The van der Waals surface area contributed by atoms with Crippen molar-refractivity contribution in [1.82, 2.24) is 10.2 Å². The van der Waals surface area contributed by atoms with E-state index in [4.69, 9.17) is 4.74 Å². The average Bonchev–Trinajstić information content (AvgIpc) is 2.87. The van der Waals surface area contributed by atoms with E-state index in [-0.39, 0.29) is 0 Å². The Kier molecular flexibility index (Phi) is 5.46. The van der Waals surface area contributed by atoms with Gasteiger partial charge in [-0.25, -0.2) is 0 Å². The van der Waals surface area contributed by atoms with Gasteiger partial charge in [0.25, 0.3) is 0 Å². The van der Waals surface area contributed by atoms with Crippen molar-refractivity contribution in [3.8, 4) is 0 Å². The summed E-state index contributed by atoms with van der Waals surface area (Å²) in [4.78, 5) is 2.73. The van der Waals surface area contributed by atoms with Crippen LogP contribution < -0.4 is 5.32 Å². The van der Waals surface area contributed by atoms with Crippen LogP contribution in [-0.4, -0.2) is 50.8 Å². The Morgan fingerprint density at radius 1 is 1.22 bits per heavy atom. The van der Waals surface area contributed by atoms with E-state index in [9.17, 15) is 0 Å². The number of methoxy groups -OCH3 is 1. The second-order valence-electron chi connectivity index (χ2n) is 6.15. The summed E-state index contributed by atoms with van der Waals surface area (Å²) in [6.07, 6.45) is 6.82. The monoisotopic (exact) mass is 254 g/mol. The largest absolute Gasteiger partial charge is 0.384 e. The van der Waals surface area contributed by atoms with E-state index < -0.39 is 0 Å². The first-order valence-corrected chi connectivity index (χ1v) is 7.68. The number of hydrogen-bond acceptors (Lipinski definition) is 3. The molecule has 2 fully saturated rings. The van der Waals surface area contributed by atoms with Crippen molar-refractivity contribution >= 4 is 0 Å². The highest BCUT2D eigenvalue weighted by Crippen LogP contribution is 2.32. The van der Waals surface area contributed by atoms with E-state index in [2.05, 4.69) is 24.2 Å². The maximum atomic E-state index is 5.31. The van der Waals surface area contributed by atoms with Crippen molar-refractivity contribution < 1.29 is 4.74 Å². The third-order valence-electron chi connectivity index (χ3n) is 5.06. The van der Waals surface area contributed by atoms with Gasteiger partial charge in [0, 0.05) is 25.7 Å². The van der Waals surface area contributed by atoms with E-state index >= 15 is 0 Å². The molecule has 1 aliphatic carbocycles. The lowest BCUT2D eigenvalue weighted by atomic mass is 9.80. The number of nitrogens with one attached hydrogen (secondary N) is 1. The van der Waals surface area contributed by atoms with Gasteiger partial charge in [0.15, 0.2) is 0 Å².